The molecule has 0 fully saturated rings. The Morgan fingerprint density at radius 3 is 2.79 bits per heavy atom. The second-order valence-corrected chi connectivity index (χ2v) is 4.34. The van der Waals surface area contributed by atoms with E-state index in [0.717, 1.165) is 24.5 Å². The minimum absolute atomic E-state index is 0.0242. The first-order valence-electron chi connectivity index (χ1n) is 5.91. The van der Waals surface area contributed by atoms with Crippen LogP contribution in [0, 0.1) is 11.6 Å². The fourth-order valence-electron chi connectivity index (χ4n) is 2.12. The Hall–Kier alpha value is -2.30. The molecule has 0 radical (unpaired) electrons. The third-order valence-corrected chi connectivity index (χ3v) is 2.99. The van der Waals surface area contributed by atoms with Crippen molar-refractivity contribution in [2.45, 2.75) is 12.8 Å². The van der Waals surface area contributed by atoms with Crippen LogP contribution in [0.25, 0.3) is 16.5 Å². The molecule has 3 rings (SSSR count). The van der Waals surface area contributed by atoms with E-state index in [1.54, 1.807) is 0 Å². The molecule has 0 saturated heterocycles. The van der Waals surface area contributed by atoms with Gasteiger partial charge in [-0.15, -0.1) is 0 Å². The second-order valence-electron chi connectivity index (χ2n) is 4.34. The van der Waals surface area contributed by atoms with Crippen LogP contribution in [0.4, 0.5) is 8.78 Å². The summed E-state index contributed by atoms with van der Waals surface area (Å²) in [5.41, 5.74) is 0.184. The summed E-state index contributed by atoms with van der Waals surface area (Å²) in [5, 5.41) is -0.217. The molecule has 0 aliphatic heterocycles. The average Bonchev–Trinajstić information content (AvgIpc) is 2.38. The van der Waals surface area contributed by atoms with E-state index in [-0.39, 0.29) is 10.9 Å². The van der Waals surface area contributed by atoms with Crippen molar-refractivity contribution in [3.05, 3.63) is 58.2 Å². The van der Waals surface area contributed by atoms with E-state index in [1.807, 2.05) is 18.2 Å². The van der Waals surface area contributed by atoms with Crippen LogP contribution in [0.2, 0.25) is 0 Å². The van der Waals surface area contributed by atoms with Crippen molar-refractivity contribution in [3.63, 3.8) is 0 Å². The summed E-state index contributed by atoms with van der Waals surface area (Å²) in [6.45, 7) is 0. The molecular formula is C14H10F2N2O. The predicted molar refractivity (Wildman–Crippen MR) is 68.6 cm³/mol. The van der Waals surface area contributed by atoms with E-state index in [1.165, 1.54) is 0 Å². The molecule has 1 heterocycles. The van der Waals surface area contributed by atoms with Crippen LogP contribution in [-0.2, 0) is 0 Å². The number of allylic oxidation sites excluding steroid dienone is 4. The first-order chi connectivity index (χ1) is 9.15. The second kappa shape index (κ2) is 4.42. The van der Waals surface area contributed by atoms with Crippen molar-refractivity contribution in [2.24, 2.45) is 0 Å². The normalized spacial score (nSPS) is 14.7. The molecule has 1 aromatic carbocycles. The molecule has 0 unspecified atom stereocenters. The van der Waals surface area contributed by atoms with Crippen molar-refractivity contribution >= 4 is 16.5 Å². The molecule has 0 atom stereocenters. The molecule has 0 amide bonds. The Balaban J connectivity index is 2.27. The first kappa shape index (κ1) is 11.8. The molecule has 1 aliphatic rings. The van der Waals surface area contributed by atoms with Gasteiger partial charge in [0.05, 0.1) is 5.52 Å². The SMILES string of the molecule is O=c1[nH]c(C2=CCCC=C2)nc2cc(F)cc(F)c12. The van der Waals surface area contributed by atoms with Gasteiger partial charge in [-0.3, -0.25) is 4.79 Å². The van der Waals surface area contributed by atoms with E-state index in [9.17, 15) is 13.6 Å². The van der Waals surface area contributed by atoms with Gasteiger partial charge in [0.1, 0.15) is 22.8 Å². The molecule has 2 aromatic rings. The van der Waals surface area contributed by atoms with E-state index in [2.05, 4.69) is 9.97 Å². The van der Waals surface area contributed by atoms with E-state index < -0.39 is 17.2 Å². The zero-order valence-corrected chi connectivity index (χ0v) is 9.91. The van der Waals surface area contributed by atoms with E-state index >= 15 is 0 Å². The largest absolute Gasteiger partial charge is 0.306 e. The number of halogens is 2. The maximum absolute atomic E-state index is 13.6. The lowest BCUT2D eigenvalue weighted by molar-refractivity contribution is 0.590. The average molecular weight is 260 g/mol. The third-order valence-electron chi connectivity index (χ3n) is 2.99. The van der Waals surface area contributed by atoms with Crippen LogP contribution in [0.3, 0.4) is 0 Å². The van der Waals surface area contributed by atoms with Gasteiger partial charge in [0.15, 0.2) is 0 Å². The number of nitrogens with zero attached hydrogens (tertiary/aromatic N) is 1. The molecule has 96 valence electrons. The zero-order chi connectivity index (χ0) is 13.4. The molecule has 1 aromatic heterocycles. The van der Waals surface area contributed by atoms with Crippen molar-refractivity contribution in [1.82, 2.24) is 9.97 Å². The van der Waals surface area contributed by atoms with Crippen molar-refractivity contribution in [1.29, 1.82) is 0 Å². The summed E-state index contributed by atoms with van der Waals surface area (Å²) in [4.78, 5) is 18.5. The van der Waals surface area contributed by atoms with Crippen LogP contribution in [0.1, 0.15) is 18.7 Å². The molecule has 1 N–H and O–H groups in total. The molecule has 0 bridgehead atoms. The number of aromatic amines is 1. The minimum Gasteiger partial charge on any atom is -0.306 e. The standard InChI is InChI=1S/C14H10F2N2O/c15-9-6-10(16)12-11(7-9)17-13(18-14(12)19)8-4-2-1-3-5-8/h2,4-7H,1,3H2,(H,17,18,19). The number of H-pyrrole nitrogens is 1. The van der Waals surface area contributed by atoms with Crippen molar-refractivity contribution in [2.75, 3.05) is 0 Å². The Kier molecular flexibility index (Phi) is 2.74. The summed E-state index contributed by atoms with van der Waals surface area (Å²) in [6, 6.07) is 1.74. The lowest BCUT2D eigenvalue weighted by Crippen LogP contribution is -2.13. The quantitative estimate of drug-likeness (QED) is 0.856. The number of hydrogen-bond donors (Lipinski definition) is 1. The fraction of sp³-hybridized carbons (Fsp3) is 0.143. The molecular weight excluding hydrogens is 250 g/mol. The molecule has 0 saturated carbocycles. The van der Waals surface area contributed by atoms with Gasteiger partial charge in [0.25, 0.3) is 5.56 Å². The molecule has 3 nitrogen and oxygen atoms in total. The highest BCUT2D eigenvalue weighted by atomic mass is 19.1. The van der Waals surface area contributed by atoms with Gasteiger partial charge in [0.2, 0.25) is 0 Å². The number of benzene rings is 1. The van der Waals surface area contributed by atoms with Gasteiger partial charge in [-0.05, 0) is 12.8 Å². The highest BCUT2D eigenvalue weighted by Crippen LogP contribution is 2.20. The lowest BCUT2D eigenvalue weighted by atomic mass is 10.1. The first-order valence-corrected chi connectivity index (χ1v) is 5.91. The smallest absolute Gasteiger partial charge is 0.262 e. The van der Waals surface area contributed by atoms with Gasteiger partial charge < -0.3 is 4.98 Å². The number of fused-ring (bicyclic) bond motifs is 1. The highest BCUT2D eigenvalue weighted by Gasteiger charge is 2.12. The van der Waals surface area contributed by atoms with Gasteiger partial charge >= 0.3 is 0 Å². The zero-order valence-electron chi connectivity index (χ0n) is 9.91. The maximum Gasteiger partial charge on any atom is 0.262 e. The highest BCUT2D eigenvalue weighted by molar-refractivity contribution is 5.81. The van der Waals surface area contributed by atoms with Gasteiger partial charge in [-0.25, -0.2) is 13.8 Å². The van der Waals surface area contributed by atoms with Crippen molar-refractivity contribution in [3.8, 4) is 0 Å². The Morgan fingerprint density at radius 1 is 1.21 bits per heavy atom. The Bertz CT molecular complexity index is 775. The van der Waals surface area contributed by atoms with E-state index in [4.69, 9.17) is 0 Å². The monoisotopic (exact) mass is 260 g/mol. The van der Waals surface area contributed by atoms with Crippen LogP contribution in [-0.4, -0.2) is 9.97 Å². The topological polar surface area (TPSA) is 45.8 Å². The summed E-state index contributed by atoms with van der Waals surface area (Å²) < 4.78 is 26.7. The lowest BCUT2D eigenvalue weighted by Gasteiger charge is -2.07. The summed E-state index contributed by atoms with van der Waals surface area (Å²) >= 11 is 0. The number of aromatic nitrogens is 2. The van der Waals surface area contributed by atoms with Crippen LogP contribution >= 0.6 is 0 Å². The van der Waals surface area contributed by atoms with Crippen LogP contribution < -0.4 is 5.56 Å². The minimum atomic E-state index is -0.900. The Morgan fingerprint density at radius 2 is 2.05 bits per heavy atom. The summed E-state index contributed by atoms with van der Waals surface area (Å²) in [6.07, 6.45) is 7.52. The van der Waals surface area contributed by atoms with Gasteiger partial charge in [0, 0.05) is 17.7 Å². The molecule has 19 heavy (non-hydrogen) atoms. The van der Waals surface area contributed by atoms with Gasteiger partial charge in [-0.1, -0.05) is 18.2 Å². The van der Waals surface area contributed by atoms with Crippen LogP contribution in [0.15, 0.2) is 35.2 Å². The summed E-state index contributed by atoms with van der Waals surface area (Å²) in [5.74, 6) is -1.32. The van der Waals surface area contributed by atoms with E-state index in [0.29, 0.717) is 11.9 Å². The fourth-order valence-corrected chi connectivity index (χ4v) is 2.12. The predicted octanol–water partition coefficient (Wildman–Crippen LogP) is 2.93. The maximum atomic E-state index is 13.6. The van der Waals surface area contributed by atoms with Crippen LogP contribution in [0.5, 0.6) is 0 Å². The van der Waals surface area contributed by atoms with Crippen molar-refractivity contribution < 1.29 is 8.78 Å². The number of rotatable bonds is 1. The third kappa shape index (κ3) is 2.07. The molecule has 1 aliphatic carbocycles. The Labute approximate surface area is 107 Å². The van der Waals surface area contributed by atoms with Gasteiger partial charge in [-0.2, -0.15) is 0 Å². The molecule has 5 heteroatoms. The summed E-state index contributed by atoms with van der Waals surface area (Å²) in [7, 11) is 0. The molecule has 0 spiro atoms. The number of hydrogen-bond acceptors (Lipinski definition) is 2. The number of nitrogens with one attached hydrogen (secondary N) is 1.